The van der Waals surface area contributed by atoms with E-state index in [0.717, 1.165) is 0 Å². The van der Waals surface area contributed by atoms with Gasteiger partial charge >= 0.3 is 0 Å². The van der Waals surface area contributed by atoms with E-state index in [1.807, 2.05) is 0 Å². The van der Waals surface area contributed by atoms with Crippen molar-refractivity contribution < 1.29 is 9.32 Å². The van der Waals surface area contributed by atoms with Crippen LogP contribution in [0.25, 0.3) is 0 Å². The number of nitrogens with zero attached hydrogens (tertiary/aromatic N) is 2. The summed E-state index contributed by atoms with van der Waals surface area (Å²) < 4.78 is 10.7. The minimum atomic E-state index is -1.46. The summed E-state index contributed by atoms with van der Waals surface area (Å²) in [5, 5.41) is 8.58. The molecule has 1 aromatic heterocycles. The zero-order chi connectivity index (χ0) is 7.40. The number of rotatable bonds is 2. The molecule has 0 aliphatic rings. The van der Waals surface area contributed by atoms with Gasteiger partial charge in [0.15, 0.2) is 0 Å². The maximum atomic E-state index is 10.7. The van der Waals surface area contributed by atoms with Gasteiger partial charge in [0.2, 0.25) is 5.16 Å². The molecule has 4 nitrogen and oxygen atoms in total. The van der Waals surface area contributed by atoms with Crippen LogP contribution in [0.2, 0.25) is 0 Å². The molecule has 0 bridgehead atoms. The van der Waals surface area contributed by atoms with E-state index in [4.69, 9.17) is 5.11 Å². The molecule has 1 aromatic rings. The number of aliphatic hydroxyl groups excluding tert-OH is 1. The Hall–Kier alpha value is -0.810. The topological polar surface area (TPSA) is 63.1 Å². The Kier molecular flexibility index (Phi) is 2.47. The lowest BCUT2D eigenvalue weighted by Crippen LogP contribution is -2.00. The Morgan fingerprint density at radius 3 is 2.60 bits per heavy atom. The molecule has 0 saturated heterocycles. The molecule has 1 heterocycles. The lowest BCUT2D eigenvalue weighted by molar-refractivity contribution is 0.367. The second kappa shape index (κ2) is 3.38. The van der Waals surface area contributed by atoms with Gasteiger partial charge in [0.25, 0.3) is 0 Å². The molecule has 0 aromatic carbocycles. The van der Waals surface area contributed by atoms with Crippen molar-refractivity contribution in [2.24, 2.45) is 0 Å². The second-order valence-corrected chi connectivity index (χ2v) is 2.82. The van der Waals surface area contributed by atoms with E-state index >= 15 is 0 Å². The van der Waals surface area contributed by atoms with Crippen LogP contribution in [0.1, 0.15) is 0 Å². The highest BCUT2D eigenvalue weighted by atomic mass is 32.2. The fraction of sp³-hybridized carbons (Fsp3) is 0.200. The van der Waals surface area contributed by atoms with Crippen molar-refractivity contribution in [2.75, 3.05) is 5.94 Å². The molecule has 0 fully saturated rings. The second-order valence-electron chi connectivity index (χ2n) is 1.51. The quantitative estimate of drug-likeness (QED) is 0.591. The van der Waals surface area contributed by atoms with Gasteiger partial charge in [0.05, 0.1) is 0 Å². The minimum Gasteiger partial charge on any atom is -0.383 e. The molecule has 1 rings (SSSR count). The summed E-state index contributed by atoms with van der Waals surface area (Å²) in [6, 6.07) is 1.62. The first-order valence-corrected chi connectivity index (χ1v) is 3.92. The first kappa shape index (κ1) is 7.30. The fourth-order valence-electron chi connectivity index (χ4n) is 0.461. The van der Waals surface area contributed by atoms with Gasteiger partial charge in [-0.05, 0) is 6.07 Å². The van der Waals surface area contributed by atoms with Gasteiger partial charge in [-0.15, -0.1) is 0 Å². The first-order chi connectivity index (χ1) is 4.84. The summed E-state index contributed by atoms with van der Waals surface area (Å²) in [5.74, 6) is -0.427. The monoisotopic (exact) mass is 158 g/mol. The molecular formula is C5H6N2O2S. The van der Waals surface area contributed by atoms with E-state index in [2.05, 4.69) is 9.97 Å². The lowest BCUT2D eigenvalue weighted by atomic mass is 10.7. The number of aliphatic hydroxyl groups is 1. The summed E-state index contributed by atoms with van der Waals surface area (Å²) in [5.41, 5.74) is 0. The molecule has 0 saturated carbocycles. The Balaban J connectivity index is 2.85. The minimum absolute atomic E-state index is 0.171. The summed E-state index contributed by atoms with van der Waals surface area (Å²) in [6.45, 7) is 0. The molecule has 54 valence electrons. The number of aromatic nitrogens is 2. The predicted molar refractivity (Wildman–Crippen MR) is 35.5 cm³/mol. The zero-order valence-corrected chi connectivity index (χ0v) is 5.91. The van der Waals surface area contributed by atoms with E-state index in [-0.39, 0.29) is 5.16 Å². The summed E-state index contributed by atoms with van der Waals surface area (Å²) >= 11 is 0. The van der Waals surface area contributed by atoms with Crippen molar-refractivity contribution in [1.29, 1.82) is 0 Å². The van der Waals surface area contributed by atoms with Crippen molar-refractivity contribution in [3.8, 4) is 0 Å². The standard InChI is InChI=1S/C5H6N2O2S/c8-4-10(9)5-6-2-1-3-7-5/h1-3,8H,4H2. The van der Waals surface area contributed by atoms with E-state index in [0.29, 0.717) is 0 Å². The van der Waals surface area contributed by atoms with Gasteiger partial charge in [-0.2, -0.15) is 0 Å². The molecule has 1 N–H and O–H groups in total. The van der Waals surface area contributed by atoms with Gasteiger partial charge < -0.3 is 5.11 Å². The van der Waals surface area contributed by atoms with Crippen LogP contribution in [-0.4, -0.2) is 25.2 Å². The van der Waals surface area contributed by atoms with Crippen molar-refractivity contribution in [3.63, 3.8) is 0 Å². The highest BCUT2D eigenvalue weighted by molar-refractivity contribution is 7.84. The highest BCUT2D eigenvalue weighted by Gasteiger charge is 2.01. The first-order valence-electron chi connectivity index (χ1n) is 2.61. The largest absolute Gasteiger partial charge is 0.383 e. The van der Waals surface area contributed by atoms with Crippen LogP contribution in [0.15, 0.2) is 23.6 Å². The van der Waals surface area contributed by atoms with Crippen LogP contribution in [-0.2, 0) is 10.8 Å². The maximum absolute atomic E-state index is 10.7. The van der Waals surface area contributed by atoms with Gasteiger partial charge in [-0.1, -0.05) is 0 Å². The van der Waals surface area contributed by atoms with Crippen molar-refractivity contribution in [3.05, 3.63) is 18.5 Å². The van der Waals surface area contributed by atoms with E-state index in [9.17, 15) is 4.21 Å². The van der Waals surface area contributed by atoms with Crippen molar-refractivity contribution in [1.82, 2.24) is 9.97 Å². The summed E-state index contributed by atoms with van der Waals surface area (Å²) in [6.07, 6.45) is 2.96. The normalized spacial score (nSPS) is 12.9. The van der Waals surface area contributed by atoms with Crippen LogP contribution in [0.3, 0.4) is 0 Å². The third-order valence-electron chi connectivity index (χ3n) is 0.863. The van der Waals surface area contributed by atoms with E-state index in [1.54, 1.807) is 6.07 Å². The van der Waals surface area contributed by atoms with Crippen LogP contribution >= 0.6 is 0 Å². The Labute approximate surface area is 60.4 Å². The van der Waals surface area contributed by atoms with Crippen LogP contribution in [0.5, 0.6) is 0 Å². The summed E-state index contributed by atoms with van der Waals surface area (Å²) in [7, 11) is -1.46. The number of hydrogen-bond acceptors (Lipinski definition) is 4. The Morgan fingerprint density at radius 1 is 1.50 bits per heavy atom. The molecule has 1 atom stereocenters. The average Bonchev–Trinajstić information content (AvgIpc) is 2.05. The Morgan fingerprint density at radius 2 is 2.10 bits per heavy atom. The van der Waals surface area contributed by atoms with Crippen LogP contribution in [0.4, 0.5) is 0 Å². The van der Waals surface area contributed by atoms with Gasteiger partial charge in [-0.25, -0.2) is 14.2 Å². The van der Waals surface area contributed by atoms with Gasteiger partial charge in [0.1, 0.15) is 16.7 Å². The zero-order valence-electron chi connectivity index (χ0n) is 5.10. The van der Waals surface area contributed by atoms with Gasteiger partial charge in [0, 0.05) is 12.4 Å². The molecule has 0 radical (unpaired) electrons. The third-order valence-corrected chi connectivity index (χ3v) is 1.72. The van der Waals surface area contributed by atoms with Crippen LogP contribution in [0, 0.1) is 0 Å². The maximum Gasteiger partial charge on any atom is 0.220 e. The molecule has 1 unspecified atom stereocenters. The highest BCUT2D eigenvalue weighted by Crippen LogP contribution is 1.93. The lowest BCUT2D eigenvalue weighted by Gasteiger charge is -1.92. The molecule has 0 aliphatic carbocycles. The van der Waals surface area contributed by atoms with Crippen LogP contribution < -0.4 is 0 Å². The smallest absolute Gasteiger partial charge is 0.220 e. The molecule has 0 aliphatic heterocycles. The fourth-order valence-corrected chi connectivity index (χ4v) is 0.933. The third kappa shape index (κ3) is 1.58. The molecule has 10 heavy (non-hydrogen) atoms. The summed E-state index contributed by atoms with van der Waals surface area (Å²) in [4.78, 5) is 7.36. The SMILES string of the molecule is O=S(CO)c1ncccn1. The Bertz CT molecular complexity index is 226. The van der Waals surface area contributed by atoms with Gasteiger partial charge in [-0.3, -0.25) is 0 Å². The average molecular weight is 158 g/mol. The molecule has 5 heteroatoms. The van der Waals surface area contributed by atoms with Crippen molar-refractivity contribution >= 4 is 10.8 Å². The molecule has 0 spiro atoms. The van der Waals surface area contributed by atoms with E-state index in [1.165, 1.54) is 12.4 Å². The predicted octanol–water partition coefficient (Wildman–Crippen LogP) is -0.466. The molecule has 0 amide bonds. The number of hydrogen-bond donors (Lipinski definition) is 1. The van der Waals surface area contributed by atoms with E-state index < -0.39 is 16.7 Å². The molecular weight excluding hydrogens is 152 g/mol. The van der Waals surface area contributed by atoms with Crippen molar-refractivity contribution in [2.45, 2.75) is 5.16 Å².